The fourth-order valence-corrected chi connectivity index (χ4v) is 1.15. The molecule has 0 saturated carbocycles. The number of ketones is 1. The van der Waals surface area contributed by atoms with E-state index in [1.165, 1.54) is 10.9 Å². The average Bonchev–Trinajstić information content (AvgIpc) is 2.65. The van der Waals surface area contributed by atoms with Gasteiger partial charge in [-0.1, -0.05) is 5.21 Å². The number of aryl methyl sites for hydroxylation is 1. The number of carbonyl (C=O) groups is 1. The molecule has 0 atom stereocenters. The minimum absolute atomic E-state index is 0.0973. The molecule has 5 heteroatoms. The van der Waals surface area contributed by atoms with Crippen LogP contribution in [0.4, 0.5) is 0 Å². The normalized spacial score (nSPS) is 10.1. The molecule has 70 valence electrons. The maximum atomic E-state index is 11.8. The van der Waals surface area contributed by atoms with Crippen molar-refractivity contribution < 1.29 is 4.79 Å². The lowest BCUT2D eigenvalue weighted by molar-refractivity contribution is 0.103. The molecule has 0 amide bonds. The van der Waals surface area contributed by atoms with Crippen molar-refractivity contribution in [2.75, 3.05) is 0 Å². The van der Waals surface area contributed by atoms with Gasteiger partial charge in [-0.3, -0.25) is 9.78 Å². The molecular formula is C9H8N4O. The van der Waals surface area contributed by atoms with Crippen LogP contribution in [0.2, 0.25) is 0 Å². The van der Waals surface area contributed by atoms with Crippen LogP contribution in [0.3, 0.4) is 0 Å². The van der Waals surface area contributed by atoms with E-state index in [-0.39, 0.29) is 5.78 Å². The van der Waals surface area contributed by atoms with E-state index in [0.29, 0.717) is 11.3 Å². The Morgan fingerprint density at radius 1 is 1.36 bits per heavy atom. The summed E-state index contributed by atoms with van der Waals surface area (Å²) in [4.78, 5) is 15.6. The fraction of sp³-hybridized carbons (Fsp3) is 0.111. The van der Waals surface area contributed by atoms with E-state index in [4.69, 9.17) is 0 Å². The third-order valence-corrected chi connectivity index (χ3v) is 1.89. The molecule has 5 nitrogen and oxygen atoms in total. The van der Waals surface area contributed by atoms with Crippen LogP contribution in [0.1, 0.15) is 16.1 Å². The van der Waals surface area contributed by atoms with Crippen LogP contribution < -0.4 is 0 Å². The molecule has 0 spiro atoms. The van der Waals surface area contributed by atoms with Crippen molar-refractivity contribution in [3.8, 4) is 0 Å². The Morgan fingerprint density at radius 2 is 2.07 bits per heavy atom. The summed E-state index contributed by atoms with van der Waals surface area (Å²) in [6.45, 7) is 0. The maximum Gasteiger partial charge on any atom is 0.212 e. The number of rotatable bonds is 2. The van der Waals surface area contributed by atoms with Gasteiger partial charge in [-0.05, 0) is 12.1 Å². The molecule has 2 aromatic heterocycles. The average molecular weight is 188 g/mol. The summed E-state index contributed by atoms with van der Waals surface area (Å²) in [6.07, 6.45) is 4.61. The first-order valence-corrected chi connectivity index (χ1v) is 4.08. The molecule has 2 rings (SSSR count). The van der Waals surface area contributed by atoms with Gasteiger partial charge in [0.05, 0.1) is 6.20 Å². The highest BCUT2D eigenvalue weighted by Gasteiger charge is 2.12. The number of nitrogens with zero attached hydrogens (tertiary/aromatic N) is 4. The SMILES string of the molecule is Cn1nncc1C(=O)c1ccncc1. The lowest BCUT2D eigenvalue weighted by Crippen LogP contribution is -2.07. The Labute approximate surface area is 80.4 Å². The van der Waals surface area contributed by atoms with Crippen molar-refractivity contribution in [2.45, 2.75) is 0 Å². The van der Waals surface area contributed by atoms with Crippen molar-refractivity contribution in [3.05, 3.63) is 42.0 Å². The molecule has 0 fully saturated rings. The van der Waals surface area contributed by atoms with Crippen molar-refractivity contribution >= 4 is 5.78 Å². The minimum Gasteiger partial charge on any atom is -0.287 e. The lowest BCUT2D eigenvalue weighted by atomic mass is 10.1. The van der Waals surface area contributed by atoms with Gasteiger partial charge in [0, 0.05) is 25.0 Å². The van der Waals surface area contributed by atoms with E-state index in [0.717, 1.165) is 0 Å². The molecule has 0 radical (unpaired) electrons. The topological polar surface area (TPSA) is 60.7 Å². The highest BCUT2D eigenvalue weighted by molar-refractivity contribution is 6.07. The molecule has 0 unspecified atom stereocenters. The van der Waals surface area contributed by atoms with Crippen LogP contribution in [-0.2, 0) is 7.05 Å². The van der Waals surface area contributed by atoms with E-state index in [1.54, 1.807) is 31.6 Å². The predicted molar refractivity (Wildman–Crippen MR) is 48.7 cm³/mol. The standard InChI is InChI=1S/C9H8N4O/c1-13-8(6-11-12-13)9(14)7-2-4-10-5-3-7/h2-6H,1H3. The second-order valence-electron chi connectivity index (χ2n) is 2.81. The summed E-state index contributed by atoms with van der Waals surface area (Å²) in [5.74, 6) is -0.0973. The second-order valence-corrected chi connectivity index (χ2v) is 2.81. The van der Waals surface area contributed by atoms with E-state index < -0.39 is 0 Å². The summed E-state index contributed by atoms with van der Waals surface area (Å²) < 4.78 is 1.45. The number of hydrogen-bond acceptors (Lipinski definition) is 4. The van der Waals surface area contributed by atoms with Crippen molar-refractivity contribution in [1.29, 1.82) is 0 Å². The summed E-state index contributed by atoms with van der Waals surface area (Å²) in [7, 11) is 1.68. The minimum atomic E-state index is -0.0973. The van der Waals surface area contributed by atoms with E-state index in [2.05, 4.69) is 15.3 Å². The van der Waals surface area contributed by atoms with Crippen molar-refractivity contribution in [1.82, 2.24) is 20.0 Å². The lowest BCUT2D eigenvalue weighted by Gasteiger charge is -1.98. The number of pyridine rings is 1. The van der Waals surface area contributed by atoms with Crippen molar-refractivity contribution in [3.63, 3.8) is 0 Å². The van der Waals surface area contributed by atoms with Gasteiger partial charge in [0.1, 0.15) is 5.69 Å². The zero-order valence-corrected chi connectivity index (χ0v) is 7.58. The predicted octanol–water partition coefficient (Wildman–Crippen LogP) is 0.441. The highest BCUT2D eigenvalue weighted by Crippen LogP contribution is 2.05. The molecule has 0 bridgehead atoms. The molecule has 2 heterocycles. The molecule has 0 aliphatic heterocycles. The van der Waals surface area contributed by atoms with Crippen LogP contribution in [0.5, 0.6) is 0 Å². The first-order valence-electron chi connectivity index (χ1n) is 4.08. The second kappa shape index (κ2) is 3.37. The van der Waals surface area contributed by atoms with E-state index >= 15 is 0 Å². The summed E-state index contributed by atoms with van der Waals surface area (Å²) in [5, 5.41) is 7.34. The zero-order chi connectivity index (χ0) is 9.97. The summed E-state index contributed by atoms with van der Waals surface area (Å²) >= 11 is 0. The Bertz CT molecular complexity index is 449. The maximum absolute atomic E-state index is 11.8. The van der Waals surface area contributed by atoms with E-state index in [1.807, 2.05) is 0 Å². The molecule has 0 aliphatic carbocycles. The van der Waals surface area contributed by atoms with Gasteiger partial charge < -0.3 is 0 Å². The molecule has 0 aliphatic rings. The van der Waals surface area contributed by atoms with Gasteiger partial charge in [0.25, 0.3) is 0 Å². The van der Waals surface area contributed by atoms with Gasteiger partial charge >= 0.3 is 0 Å². The Morgan fingerprint density at radius 3 is 2.64 bits per heavy atom. The third-order valence-electron chi connectivity index (χ3n) is 1.89. The van der Waals surface area contributed by atoms with E-state index in [9.17, 15) is 4.79 Å². The Balaban J connectivity index is 2.39. The molecule has 14 heavy (non-hydrogen) atoms. The fourth-order valence-electron chi connectivity index (χ4n) is 1.15. The first-order chi connectivity index (χ1) is 6.79. The van der Waals surface area contributed by atoms with Gasteiger partial charge in [-0.2, -0.15) is 0 Å². The van der Waals surface area contributed by atoms with Crippen molar-refractivity contribution in [2.24, 2.45) is 7.05 Å². The van der Waals surface area contributed by atoms with Crippen LogP contribution in [0, 0.1) is 0 Å². The van der Waals surface area contributed by atoms with Gasteiger partial charge in [0.2, 0.25) is 5.78 Å². The zero-order valence-electron chi connectivity index (χ0n) is 7.58. The Hall–Kier alpha value is -2.04. The highest BCUT2D eigenvalue weighted by atomic mass is 16.1. The summed E-state index contributed by atoms with van der Waals surface area (Å²) in [6, 6.07) is 3.32. The smallest absolute Gasteiger partial charge is 0.212 e. The quantitative estimate of drug-likeness (QED) is 0.641. The van der Waals surface area contributed by atoms with Gasteiger partial charge in [-0.15, -0.1) is 5.10 Å². The van der Waals surface area contributed by atoms with Gasteiger partial charge in [0.15, 0.2) is 0 Å². The molecular weight excluding hydrogens is 180 g/mol. The first kappa shape index (κ1) is 8.55. The van der Waals surface area contributed by atoms with Crippen LogP contribution in [-0.4, -0.2) is 25.8 Å². The number of carbonyl (C=O) groups excluding carboxylic acids is 1. The summed E-state index contributed by atoms with van der Waals surface area (Å²) in [5.41, 5.74) is 1.06. The molecule has 0 aromatic carbocycles. The number of aromatic nitrogens is 4. The van der Waals surface area contributed by atoms with Gasteiger partial charge in [-0.25, -0.2) is 4.68 Å². The molecule has 0 saturated heterocycles. The number of hydrogen-bond donors (Lipinski definition) is 0. The van der Waals surface area contributed by atoms with Crippen LogP contribution >= 0.6 is 0 Å². The molecule has 2 aromatic rings. The van der Waals surface area contributed by atoms with Crippen LogP contribution in [0.25, 0.3) is 0 Å². The third kappa shape index (κ3) is 1.39. The monoisotopic (exact) mass is 188 g/mol. The molecule has 0 N–H and O–H groups in total. The largest absolute Gasteiger partial charge is 0.287 e. The van der Waals surface area contributed by atoms with Crippen LogP contribution in [0.15, 0.2) is 30.7 Å². The Kier molecular flexibility index (Phi) is 2.06.